The average molecular weight is 244 g/mol. The van der Waals surface area contributed by atoms with Crippen LogP contribution in [0.25, 0.3) is 0 Å². The molecule has 0 radical (unpaired) electrons. The first-order chi connectivity index (χ1) is 8.72. The number of esters is 1. The maximum Gasteiger partial charge on any atom is 0.330 e. The third-order valence-electron chi connectivity index (χ3n) is 1.34. The Morgan fingerprint density at radius 1 is 0.889 bits per heavy atom. The largest absolute Gasteiger partial charge is 0.458 e. The fourth-order valence-corrected chi connectivity index (χ4v) is 0.585. The van der Waals surface area contributed by atoms with Crippen molar-refractivity contribution in [2.75, 3.05) is 6.61 Å². The average Bonchev–Trinajstić information content (AvgIpc) is 2.47. The van der Waals surface area contributed by atoms with E-state index in [4.69, 9.17) is 0 Å². The van der Waals surface area contributed by atoms with Gasteiger partial charge in [0, 0.05) is 6.08 Å². The lowest BCUT2D eigenvalue weighted by Gasteiger charge is -1.92. The molecule has 0 bridgehead atoms. The molecule has 2 nitrogen and oxygen atoms in total. The highest BCUT2D eigenvalue weighted by Crippen LogP contribution is 1.80. The minimum absolute atomic E-state index is 0.255. The van der Waals surface area contributed by atoms with Crippen LogP contribution in [0.3, 0.4) is 0 Å². The maximum atomic E-state index is 10.2. The van der Waals surface area contributed by atoms with Gasteiger partial charge in [-0.2, -0.15) is 0 Å². The van der Waals surface area contributed by atoms with Crippen LogP contribution in [-0.2, 0) is 9.53 Å². The highest BCUT2D eigenvalue weighted by molar-refractivity contribution is 5.81. The molecular formula is C16H20O2. The Balaban J connectivity index is 0. The van der Waals surface area contributed by atoms with E-state index in [0.29, 0.717) is 0 Å². The highest BCUT2D eigenvalue weighted by Gasteiger charge is 1.87. The molecule has 0 saturated heterocycles. The van der Waals surface area contributed by atoms with Gasteiger partial charge in [-0.1, -0.05) is 80.9 Å². The van der Waals surface area contributed by atoms with Crippen LogP contribution in [0.15, 0.2) is 87.0 Å². The van der Waals surface area contributed by atoms with E-state index in [9.17, 15) is 4.79 Å². The van der Waals surface area contributed by atoms with Crippen LogP contribution >= 0.6 is 0 Å². The second-order valence-corrected chi connectivity index (χ2v) is 2.75. The molecular weight excluding hydrogens is 224 g/mol. The van der Waals surface area contributed by atoms with Crippen LogP contribution in [0.5, 0.6) is 0 Å². The fraction of sp³-hybridized carbons (Fsp3) is 0.0625. The molecule has 0 aliphatic carbocycles. The number of rotatable bonds is 4. The summed E-state index contributed by atoms with van der Waals surface area (Å²) >= 11 is 0. The molecule has 1 rings (SSSR count). The van der Waals surface area contributed by atoms with Crippen LogP contribution in [0.1, 0.15) is 0 Å². The van der Waals surface area contributed by atoms with Gasteiger partial charge in [-0.05, 0) is 0 Å². The SMILES string of the molecule is C=CC=C.C=CCOC(=O)C=C.c1ccccc1. The molecule has 18 heavy (non-hydrogen) atoms. The zero-order valence-electron chi connectivity index (χ0n) is 10.6. The van der Waals surface area contributed by atoms with E-state index in [0.717, 1.165) is 6.08 Å². The van der Waals surface area contributed by atoms with Crippen molar-refractivity contribution in [2.24, 2.45) is 0 Å². The van der Waals surface area contributed by atoms with E-state index in [1.807, 2.05) is 36.4 Å². The van der Waals surface area contributed by atoms with E-state index >= 15 is 0 Å². The molecule has 1 aromatic carbocycles. The molecule has 0 atom stereocenters. The molecule has 0 N–H and O–H groups in total. The molecule has 0 spiro atoms. The van der Waals surface area contributed by atoms with Crippen molar-refractivity contribution in [3.05, 3.63) is 87.0 Å². The van der Waals surface area contributed by atoms with Gasteiger partial charge in [0.2, 0.25) is 0 Å². The molecule has 0 saturated carbocycles. The Hall–Kier alpha value is -2.35. The second-order valence-electron chi connectivity index (χ2n) is 2.75. The monoisotopic (exact) mass is 244 g/mol. The summed E-state index contributed by atoms with van der Waals surface area (Å²) in [5.74, 6) is -0.412. The Bertz CT molecular complexity index is 307. The number of allylic oxidation sites excluding steroid dienone is 2. The summed E-state index contributed by atoms with van der Waals surface area (Å²) in [7, 11) is 0. The van der Waals surface area contributed by atoms with Crippen molar-refractivity contribution in [1.29, 1.82) is 0 Å². The van der Waals surface area contributed by atoms with Gasteiger partial charge in [0.25, 0.3) is 0 Å². The maximum absolute atomic E-state index is 10.2. The predicted octanol–water partition coefficient (Wildman–Crippen LogP) is 3.95. The number of hydrogen-bond donors (Lipinski definition) is 0. The summed E-state index contributed by atoms with van der Waals surface area (Å²) in [6.07, 6.45) is 5.89. The van der Waals surface area contributed by atoms with Gasteiger partial charge >= 0.3 is 5.97 Å². The van der Waals surface area contributed by atoms with Gasteiger partial charge in [-0.25, -0.2) is 4.79 Å². The van der Waals surface area contributed by atoms with E-state index in [1.54, 1.807) is 12.2 Å². The molecule has 0 heterocycles. The number of hydrogen-bond acceptors (Lipinski definition) is 2. The minimum atomic E-state index is -0.412. The lowest BCUT2D eigenvalue weighted by atomic mass is 10.4. The fourth-order valence-electron chi connectivity index (χ4n) is 0.585. The van der Waals surface area contributed by atoms with Gasteiger partial charge in [0.05, 0.1) is 0 Å². The first kappa shape index (κ1) is 18.0. The normalized spacial score (nSPS) is 7.11. The van der Waals surface area contributed by atoms with Crippen LogP contribution in [0, 0.1) is 0 Å². The molecule has 0 unspecified atom stereocenters. The van der Waals surface area contributed by atoms with Crippen molar-refractivity contribution in [3.8, 4) is 0 Å². The van der Waals surface area contributed by atoms with Gasteiger partial charge in [-0.15, -0.1) is 0 Å². The first-order valence-electron chi connectivity index (χ1n) is 5.36. The van der Waals surface area contributed by atoms with Gasteiger partial charge in [0.1, 0.15) is 6.61 Å². The summed E-state index contributed by atoms with van der Waals surface area (Å²) in [5.41, 5.74) is 0. The lowest BCUT2D eigenvalue weighted by molar-refractivity contribution is -0.136. The zero-order chi connectivity index (χ0) is 14.1. The van der Waals surface area contributed by atoms with E-state index in [1.165, 1.54) is 6.08 Å². The number of carbonyl (C=O) groups is 1. The van der Waals surface area contributed by atoms with E-state index in [-0.39, 0.29) is 6.61 Å². The number of carbonyl (C=O) groups excluding carboxylic acids is 1. The van der Waals surface area contributed by atoms with Crippen LogP contribution in [0.4, 0.5) is 0 Å². The third-order valence-corrected chi connectivity index (χ3v) is 1.34. The van der Waals surface area contributed by atoms with Crippen molar-refractivity contribution < 1.29 is 9.53 Å². The van der Waals surface area contributed by atoms with Crippen molar-refractivity contribution in [3.63, 3.8) is 0 Å². The summed E-state index contributed by atoms with van der Waals surface area (Å²) < 4.78 is 4.47. The van der Waals surface area contributed by atoms with E-state index in [2.05, 4.69) is 31.1 Å². The Morgan fingerprint density at radius 3 is 1.50 bits per heavy atom. The summed E-state index contributed by atoms with van der Waals surface area (Å²) in [6, 6.07) is 12.0. The standard InChI is InChI=1S/C6H8O2.C6H6.C4H6/c1-3-5-8-6(7)4-2;1-2-4-6-5-3-1;1-3-4-2/h3-4H,1-2,5H2;1-6H;3-4H,1-2H2. The molecule has 0 aromatic heterocycles. The van der Waals surface area contributed by atoms with Crippen molar-refractivity contribution >= 4 is 5.97 Å². The first-order valence-corrected chi connectivity index (χ1v) is 5.36. The molecule has 96 valence electrons. The minimum Gasteiger partial charge on any atom is -0.458 e. The molecule has 0 amide bonds. The Morgan fingerprint density at radius 2 is 1.28 bits per heavy atom. The predicted molar refractivity (Wildman–Crippen MR) is 78.2 cm³/mol. The smallest absolute Gasteiger partial charge is 0.330 e. The molecule has 0 aliphatic heterocycles. The molecule has 1 aromatic rings. The van der Waals surface area contributed by atoms with Crippen LogP contribution < -0.4 is 0 Å². The summed E-state index contributed by atoms with van der Waals surface area (Å²) in [6.45, 7) is 13.5. The summed E-state index contributed by atoms with van der Waals surface area (Å²) in [5, 5.41) is 0. The van der Waals surface area contributed by atoms with Crippen molar-refractivity contribution in [2.45, 2.75) is 0 Å². The second kappa shape index (κ2) is 17.1. The lowest BCUT2D eigenvalue weighted by Crippen LogP contribution is -1.98. The van der Waals surface area contributed by atoms with Crippen LogP contribution in [-0.4, -0.2) is 12.6 Å². The third kappa shape index (κ3) is 19.3. The van der Waals surface area contributed by atoms with Crippen molar-refractivity contribution in [1.82, 2.24) is 0 Å². The van der Waals surface area contributed by atoms with Gasteiger partial charge < -0.3 is 4.74 Å². The van der Waals surface area contributed by atoms with Gasteiger partial charge in [0.15, 0.2) is 0 Å². The topological polar surface area (TPSA) is 26.3 Å². The van der Waals surface area contributed by atoms with Gasteiger partial charge in [-0.3, -0.25) is 0 Å². The molecule has 0 fully saturated rings. The number of ether oxygens (including phenoxy) is 1. The Kier molecular flexibility index (Phi) is 17.1. The quantitative estimate of drug-likeness (QED) is 0.347. The summed E-state index contributed by atoms with van der Waals surface area (Å²) in [4.78, 5) is 10.2. The Labute approximate surface area is 110 Å². The highest BCUT2D eigenvalue weighted by atomic mass is 16.5. The zero-order valence-corrected chi connectivity index (χ0v) is 10.6. The molecule has 0 aliphatic rings. The van der Waals surface area contributed by atoms with Crippen LogP contribution in [0.2, 0.25) is 0 Å². The number of benzene rings is 1. The molecule has 2 heteroatoms. The van der Waals surface area contributed by atoms with E-state index < -0.39 is 5.97 Å².